The quantitative estimate of drug-likeness (QED) is 0.0669. The lowest BCUT2D eigenvalue weighted by atomic mass is 9.43. The monoisotopic (exact) mass is 846 g/mol. The molecule has 5 amide bonds. The van der Waals surface area contributed by atoms with Crippen molar-refractivity contribution in [3.63, 3.8) is 0 Å². The van der Waals surface area contributed by atoms with Crippen molar-refractivity contribution in [3.8, 4) is 11.1 Å². The van der Waals surface area contributed by atoms with E-state index in [-0.39, 0.29) is 18.1 Å². The maximum Gasteiger partial charge on any atom is 0.481 e. The number of aliphatic hydroxyl groups excluding tert-OH is 1. The average Bonchev–Trinajstić information content (AvgIpc) is 3.61. The molecule has 336 valence electrons. The first-order valence-corrected chi connectivity index (χ1v) is 22.6. The number of carbonyl (C=O) groups is 4. The zero-order valence-corrected chi connectivity index (χ0v) is 37.5. The van der Waals surface area contributed by atoms with Crippen molar-refractivity contribution >= 4 is 30.9 Å². The molecule has 3 saturated carbocycles. The minimum Gasteiger partial charge on any atom is -0.404 e. The van der Waals surface area contributed by atoms with Crippen LogP contribution in [0.2, 0.25) is 0 Å². The van der Waals surface area contributed by atoms with Gasteiger partial charge in [-0.2, -0.15) is 0 Å². The van der Waals surface area contributed by atoms with Gasteiger partial charge in [-0.05, 0) is 132 Å². The number of hydrogen-bond donors (Lipinski definition) is 7. The van der Waals surface area contributed by atoms with Crippen molar-refractivity contribution in [1.82, 2.24) is 26.2 Å². The van der Waals surface area contributed by atoms with Crippen molar-refractivity contribution in [2.75, 3.05) is 19.6 Å². The molecule has 1 heterocycles. The van der Waals surface area contributed by atoms with Gasteiger partial charge >= 0.3 is 13.1 Å². The molecule has 14 nitrogen and oxygen atoms in total. The molecule has 0 radical (unpaired) electrons. The van der Waals surface area contributed by atoms with E-state index in [2.05, 4.69) is 73.2 Å². The van der Waals surface area contributed by atoms with Crippen LogP contribution in [-0.4, -0.2) is 102 Å². The topological polar surface area (TPSA) is 210 Å². The number of unbranched alkanes of at least 4 members (excludes halogenated alkanes) is 2. The van der Waals surface area contributed by atoms with Crippen LogP contribution in [0.1, 0.15) is 111 Å². The Morgan fingerprint density at radius 1 is 0.820 bits per heavy atom. The first kappa shape index (κ1) is 48.0. The summed E-state index contributed by atoms with van der Waals surface area (Å²) in [5.74, 6) is -1.27. The third-order valence-corrected chi connectivity index (χ3v) is 13.5. The fourth-order valence-electron chi connectivity index (χ4n) is 9.37. The molecule has 3 aliphatic carbocycles. The molecule has 61 heavy (non-hydrogen) atoms. The van der Waals surface area contributed by atoms with E-state index in [0.717, 1.165) is 48.8 Å². The number of amides is 5. The number of aliphatic hydroxyl groups is 1. The molecule has 9 N–H and O–H groups in total. The smallest absolute Gasteiger partial charge is 0.404 e. The Morgan fingerprint density at radius 3 is 2.05 bits per heavy atom. The predicted octanol–water partition coefficient (Wildman–Crippen LogP) is 4.20. The second kappa shape index (κ2) is 21.4. The summed E-state index contributed by atoms with van der Waals surface area (Å²) in [5, 5.41) is 21.8. The zero-order valence-electron chi connectivity index (χ0n) is 37.5. The zero-order chi connectivity index (χ0) is 44.5. The number of aryl methyl sites for hydroxylation is 1. The Balaban J connectivity index is 1.16. The Labute approximate surface area is 363 Å². The van der Waals surface area contributed by atoms with Crippen LogP contribution in [0.3, 0.4) is 0 Å². The van der Waals surface area contributed by atoms with Gasteiger partial charge in [-0.15, -0.1) is 0 Å². The second-order valence-electron chi connectivity index (χ2n) is 18.4. The number of nitrogens with zero attached hydrogens (tertiary/aromatic N) is 1. The minimum atomic E-state index is -1.37. The van der Waals surface area contributed by atoms with Crippen molar-refractivity contribution < 1.29 is 33.6 Å². The number of carbonyl (C=O) groups excluding carboxylic acids is 4. The first-order chi connectivity index (χ1) is 29.0. The van der Waals surface area contributed by atoms with Gasteiger partial charge in [0.25, 0.3) is 0 Å². The Hall–Kier alpha value is -4.02. The Morgan fingerprint density at radius 2 is 1.46 bits per heavy atom. The highest BCUT2D eigenvalue weighted by atomic mass is 16.7. The van der Waals surface area contributed by atoms with Crippen LogP contribution in [-0.2, 0) is 36.7 Å². The van der Waals surface area contributed by atoms with Gasteiger partial charge in [0, 0.05) is 13.1 Å². The van der Waals surface area contributed by atoms with E-state index in [1.165, 1.54) is 19.4 Å². The molecule has 0 spiro atoms. The number of nitrogens with two attached hydrogens (primary N) is 2. The molecular formula is C46H72BN7O7. The molecular weight excluding hydrogens is 773 g/mol. The van der Waals surface area contributed by atoms with Crippen LogP contribution in [0.4, 0.5) is 4.79 Å². The van der Waals surface area contributed by atoms with Crippen LogP contribution < -0.4 is 32.7 Å². The molecule has 2 aromatic rings. The highest BCUT2D eigenvalue weighted by Gasteiger charge is 2.68. The maximum absolute atomic E-state index is 13.7. The molecule has 15 heteroatoms. The van der Waals surface area contributed by atoms with Crippen molar-refractivity contribution in [2.24, 2.45) is 28.7 Å². The summed E-state index contributed by atoms with van der Waals surface area (Å²) in [5.41, 5.74) is 15.7. The molecule has 4 fully saturated rings. The molecule has 1 aliphatic heterocycles. The van der Waals surface area contributed by atoms with Crippen LogP contribution in [0.15, 0.2) is 48.5 Å². The van der Waals surface area contributed by atoms with E-state index in [1.807, 2.05) is 31.2 Å². The number of hydrogen-bond acceptors (Lipinski definition) is 9. The second-order valence-corrected chi connectivity index (χ2v) is 18.4. The lowest BCUT2D eigenvalue weighted by Gasteiger charge is -2.64. The van der Waals surface area contributed by atoms with Crippen LogP contribution in [0.25, 0.3) is 11.1 Å². The molecule has 4 aliphatic rings. The first-order valence-electron chi connectivity index (χ1n) is 22.6. The van der Waals surface area contributed by atoms with Gasteiger partial charge in [0.15, 0.2) is 0 Å². The molecule has 9 atom stereocenters. The van der Waals surface area contributed by atoms with Crippen molar-refractivity contribution in [2.45, 2.75) is 155 Å². The third-order valence-electron chi connectivity index (χ3n) is 13.5. The number of nitrogens with one attached hydrogen (secondary N) is 4. The van der Waals surface area contributed by atoms with Gasteiger partial charge in [-0.1, -0.05) is 75.7 Å². The number of rotatable bonds is 22. The van der Waals surface area contributed by atoms with Gasteiger partial charge in [-0.3, -0.25) is 14.4 Å². The molecule has 6 rings (SSSR count). The molecule has 2 bridgehead atoms. The number of benzene rings is 2. The van der Waals surface area contributed by atoms with Gasteiger partial charge in [0.1, 0.15) is 18.1 Å². The largest absolute Gasteiger partial charge is 0.481 e. The van der Waals surface area contributed by atoms with Gasteiger partial charge in [0.05, 0.1) is 23.8 Å². The Kier molecular flexibility index (Phi) is 16.8. The minimum absolute atomic E-state index is 0.0380. The summed E-state index contributed by atoms with van der Waals surface area (Å²) in [6, 6.07) is 12.6. The van der Waals surface area contributed by atoms with Gasteiger partial charge in [0.2, 0.25) is 17.7 Å². The van der Waals surface area contributed by atoms with E-state index in [0.29, 0.717) is 57.2 Å². The molecule has 1 saturated heterocycles. The Bertz CT molecular complexity index is 1780. The summed E-state index contributed by atoms with van der Waals surface area (Å²) >= 11 is 0. The summed E-state index contributed by atoms with van der Waals surface area (Å²) in [4.78, 5) is 56.1. The van der Waals surface area contributed by atoms with E-state index < -0.39 is 66.6 Å². The predicted molar refractivity (Wildman–Crippen MR) is 239 cm³/mol. The number of urea groups is 1. The van der Waals surface area contributed by atoms with Crippen LogP contribution in [0, 0.1) is 17.3 Å². The van der Waals surface area contributed by atoms with E-state index >= 15 is 0 Å². The lowest BCUT2D eigenvalue weighted by Crippen LogP contribution is -2.65. The van der Waals surface area contributed by atoms with Crippen LogP contribution in [0.5, 0.6) is 0 Å². The van der Waals surface area contributed by atoms with Gasteiger partial charge < -0.3 is 52.0 Å². The molecule has 1 unspecified atom stereocenters. The van der Waals surface area contributed by atoms with Gasteiger partial charge in [-0.25, -0.2) is 4.79 Å². The van der Waals surface area contributed by atoms with Crippen LogP contribution >= 0.6 is 0 Å². The highest BCUT2D eigenvalue weighted by Crippen LogP contribution is 2.65. The normalized spacial score (nSPS) is 23.6. The van der Waals surface area contributed by atoms with Crippen molar-refractivity contribution in [3.05, 3.63) is 59.7 Å². The SMILES string of the molecule is CCCCc1ccc(-c2ccc(CN(CCCN)C(=O)N[C@H](C(=O)N[C@@H](C)C(=O)N[C@@H](CCCCN)C(=O)N[C@@H](C)B3OC4C[C@@H]5C[C@@H](C5(C)C)[C@]4(C)O3)[C@@H](C)O)cc2)cc1. The van der Waals surface area contributed by atoms with Crippen molar-refractivity contribution in [1.29, 1.82) is 0 Å². The highest BCUT2D eigenvalue weighted by molar-refractivity contribution is 6.47. The molecule has 2 aromatic carbocycles. The van der Waals surface area contributed by atoms with E-state index in [9.17, 15) is 24.3 Å². The lowest BCUT2D eigenvalue weighted by molar-refractivity contribution is -0.199. The average molecular weight is 846 g/mol. The summed E-state index contributed by atoms with van der Waals surface area (Å²) in [7, 11) is -0.629. The third kappa shape index (κ3) is 11.7. The standard InChI is InChI=1S/C46H72BN7O7/c1-8-9-13-32-15-19-34(20-16-32)35-21-17-33(18-22-35)28-54(25-12-24-49)44(59)53-40(30(3)55)43(58)50-29(2)41(56)52-37(14-10-11-23-48)42(57)51-31(4)47-60-39-27-36-26-38(45(36,5)6)46(39,7)61-47/h15-22,29-31,36-40,55H,8-14,23-28,48-49H2,1-7H3,(H,50,58)(H,51,57)(H,52,56)(H,53,59)/t29-,30+,31-,36-,37-,38-,39?,40-,46-/m0/s1. The summed E-state index contributed by atoms with van der Waals surface area (Å²) < 4.78 is 12.9. The maximum atomic E-state index is 13.7. The van der Waals surface area contributed by atoms with E-state index in [4.69, 9.17) is 20.8 Å². The summed E-state index contributed by atoms with van der Waals surface area (Å²) in [6.07, 6.45) is 6.19. The fourth-order valence-corrected chi connectivity index (χ4v) is 9.37. The fraction of sp³-hybridized carbons (Fsp3) is 0.652. The summed E-state index contributed by atoms with van der Waals surface area (Å²) in [6.45, 7) is 15.0. The van der Waals surface area contributed by atoms with E-state index in [1.54, 1.807) is 4.90 Å². The molecule has 0 aromatic heterocycles.